The van der Waals surface area contributed by atoms with E-state index < -0.39 is 0 Å². The van der Waals surface area contributed by atoms with Gasteiger partial charge in [-0.05, 0) is 0 Å². The normalized spacial score (nSPS) is 7.50. The Labute approximate surface area is 33.8 Å². The Bertz CT molecular complexity index is 8.00. The summed E-state index contributed by atoms with van der Waals surface area (Å²) < 4.78 is 0. The van der Waals surface area contributed by atoms with Gasteiger partial charge in [0.2, 0.25) is 0 Å². The van der Waals surface area contributed by atoms with E-state index in [0.717, 1.165) is 5.32 Å². The predicted octanol–water partition coefficient (Wildman–Crippen LogP) is -0.435. The third-order valence-electron chi connectivity index (χ3n) is 0.0913. The van der Waals surface area contributed by atoms with Gasteiger partial charge in [-0.25, -0.2) is 0 Å². The van der Waals surface area contributed by atoms with Gasteiger partial charge in [0, 0.05) is 0 Å². The third-order valence-corrected chi connectivity index (χ3v) is 0.474. The summed E-state index contributed by atoms with van der Waals surface area (Å²) in [5, 5.41) is 8.59. The molecule has 0 saturated heterocycles. The van der Waals surface area contributed by atoms with E-state index >= 15 is 0 Å². The first-order valence-corrected chi connectivity index (χ1v) is 2.32. The first-order chi connectivity index (χ1) is 1.91. The van der Waals surface area contributed by atoms with Crippen molar-refractivity contribution in [2.45, 2.75) is 5.32 Å². The molecule has 4 heavy (non-hydrogen) atoms. The summed E-state index contributed by atoms with van der Waals surface area (Å²) in [6.45, 7) is 0.264. The van der Waals surface area contributed by atoms with Gasteiger partial charge in [-0.2, -0.15) is 0 Å². The zero-order valence-electron chi connectivity index (χ0n) is 2.27. The van der Waals surface area contributed by atoms with E-state index in [2.05, 4.69) is 16.0 Å². The molecule has 0 atom stereocenters. The van der Waals surface area contributed by atoms with Crippen LogP contribution in [-0.2, 0) is 0 Å². The van der Waals surface area contributed by atoms with Crippen LogP contribution in [-0.4, -0.2) is 27.7 Å². The molecule has 0 aliphatic heterocycles. The van der Waals surface area contributed by atoms with Gasteiger partial charge in [0.1, 0.15) is 0 Å². The van der Waals surface area contributed by atoms with Crippen molar-refractivity contribution in [2.75, 3.05) is 6.61 Å². The maximum absolute atomic E-state index is 7.84. The summed E-state index contributed by atoms with van der Waals surface area (Å²) in [6, 6.07) is 0. The van der Waals surface area contributed by atoms with Gasteiger partial charge in [0.05, 0.1) is 0 Å². The predicted molar refractivity (Wildman–Crippen MR) is 17.6 cm³/mol. The fraction of sp³-hybridized carbons (Fsp3) is 1.00. The summed E-state index contributed by atoms with van der Waals surface area (Å²) in [4.78, 5) is 0. The van der Waals surface area contributed by atoms with Crippen molar-refractivity contribution < 1.29 is 5.11 Å². The second-order valence-electron chi connectivity index (χ2n) is 0.428. The van der Waals surface area contributed by atoms with Gasteiger partial charge in [-0.1, -0.05) is 0 Å². The molecule has 0 aliphatic carbocycles. The molecule has 0 amide bonds. The SMILES string of the molecule is OCC[Se]. The number of aliphatic hydroxyl groups is 1. The molecule has 0 fully saturated rings. The first-order valence-electron chi connectivity index (χ1n) is 1.10. The van der Waals surface area contributed by atoms with Gasteiger partial charge in [0.25, 0.3) is 0 Å². The summed E-state index contributed by atoms with van der Waals surface area (Å²) in [5.74, 6) is 0. The van der Waals surface area contributed by atoms with E-state index in [1.807, 2.05) is 0 Å². The van der Waals surface area contributed by atoms with Crippen LogP contribution >= 0.6 is 0 Å². The molecule has 2 heteroatoms. The van der Waals surface area contributed by atoms with E-state index in [-0.39, 0.29) is 6.61 Å². The summed E-state index contributed by atoms with van der Waals surface area (Å²) in [5.41, 5.74) is 0. The van der Waals surface area contributed by atoms with Crippen LogP contribution in [0.3, 0.4) is 0 Å². The monoisotopic (exact) mass is 125 g/mol. The molecule has 0 rings (SSSR count). The molecular weight excluding hydrogens is 119 g/mol. The average Bonchev–Trinajstić information content (AvgIpc) is 1.37. The van der Waals surface area contributed by atoms with Crippen molar-refractivity contribution in [3.05, 3.63) is 0 Å². The number of rotatable bonds is 1. The summed E-state index contributed by atoms with van der Waals surface area (Å²) in [6.07, 6.45) is 0. The van der Waals surface area contributed by atoms with Gasteiger partial charge in [-0.3, -0.25) is 0 Å². The van der Waals surface area contributed by atoms with E-state index in [0.29, 0.717) is 0 Å². The second-order valence-corrected chi connectivity index (χ2v) is 1.28. The topological polar surface area (TPSA) is 20.2 Å². The first kappa shape index (κ1) is 4.48. The van der Waals surface area contributed by atoms with Gasteiger partial charge >= 0.3 is 33.0 Å². The van der Waals surface area contributed by atoms with Crippen LogP contribution < -0.4 is 0 Å². The molecule has 25 valence electrons. The van der Waals surface area contributed by atoms with Crippen molar-refractivity contribution in [1.82, 2.24) is 0 Å². The van der Waals surface area contributed by atoms with E-state index in [9.17, 15) is 0 Å². The Hall–Kier alpha value is 0.479. The molecule has 1 N–H and O–H groups in total. The summed E-state index contributed by atoms with van der Waals surface area (Å²) in [7, 11) is 0. The zero-order valence-corrected chi connectivity index (χ0v) is 3.98. The molecule has 0 bridgehead atoms. The Morgan fingerprint density at radius 3 is 2.00 bits per heavy atom. The molecule has 0 aromatic carbocycles. The van der Waals surface area contributed by atoms with Gasteiger partial charge in [0.15, 0.2) is 0 Å². The Kier molecular flexibility index (Phi) is 3.90. The minimum atomic E-state index is 0.264. The number of aliphatic hydroxyl groups excluding tert-OH is 1. The molecule has 0 aromatic rings. The standard InChI is InChI=1S/C2H5OSe/c3-1-2-4/h3H,1-2H2. The molecular formula is C2H5OSe. The van der Waals surface area contributed by atoms with Crippen molar-refractivity contribution in [1.29, 1.82) is 0 Å². The van der Waals surface area contributed by atoms with Crippen molar-refractivity contribution in [3.8, 4) is 0 Å². The van der Waals surface area contributed by atoms with Crippen molar-refractivity contribution in [2.24, 2.45) is 0 Å². The fourth-order valence-corrected chi connectivity index (χ4v) is 0. The molecule has 0 aliphatic rings. The number of hydrogen-bond acceptors (Lipinski definition) is 1. The van der Waals surface area contributed by atoms with Crippen LogP contribution in [0.1, 0.15) is 0 Å². The van der Waals surface area contributed by atoms with E-state index in [1.54, 1.807) is 0 Å². The molecule has 0 aromatic heterocycles. The van der Waals surface area contributed by atoms with Crippen LogP contribution in [0.25, 0.3) is 0 Å². The van der Waals surface area contributed by atoms with Crippen LogP contribution in [0, 0.1) is 0 Å². The summed E-state index contributed by atoms with van der Waals surface area (Å²) >= 11 is 2.64. The van der Waals surface area contributed by atoms with Gasteiger partial charge < -0.3 is 0 Å². The maximum atomic E-state index is 7.84. The Morgan fingerprint density at radius 2 is 2.00 bits per heavy atom. The fourth-order valence-electron chi connectivity index (χ4n) is 0. The van der Waals surface area contributed by atoms with Crippen LogP contribution in [0.4, 0.5) is 0 Å². The molecule has 1 nitrogen and oxygen atoms in total. The van der Waals surface area contributed by atoms with Gasteiger partial charge in [-0.15, -0.1) is 0 Å². The van der Waals surface area contributed by atoms with E-state index in [1.165, 1.54) is 0 Å². The molecule has 0 spiro atoms. The average molecular weight is 124 g/mol. The van der Waals surface area contributed by atoms with Crippen molar-refractivity contribution in [3.63, 3.8) is 0 Å². The Morgan fingerprint density at radius 1 is 1.75 bits per heavy atom. The quantitative estimate of drug-likeness (QED) is 0.470. The van der Waals surface area contributed by atoms with Crippen molar-refractivity contribution >= 4 is 16.0 Å². The Balaban J connectivity index is 1.97. The second kappa shape index (κ2) is 3.48. The molecule has 0 unspecified atom stereocenters. The van der Waals surface area contributed by atoms with Crippen LogP contribution in [0.2, 0.25) is 5.32 Å². The molecule has 0 heterocycles. The van der Waals surface area contributed by atoms with Crippen LogP contribution in [0.5, 0.6) is 0 Å². The molecule has 0 saturated carbocycles. The third kappa shape index (κ3) is 2.48. The van der Waals surface area contributed by atoms with E-state index in [4.69, 9.17) is 5.11 Å². The molecule has 1 radical (unpaired) electrons. The van der Waals surface area contributed by atoms with Crippen LogP contribution in [0.15, 0.2) is 0 Å². The minimum absolute atomic E-state index is 0.264. The number of hydrogen-bond donors (Lipinski definition) is 1. The zero-order chi connectivity index (χ0) is 3.41.